The van der Waals surface area contributed by atoms with E-state index in [2.05, 4.69) is 5.32 Å². The van der Waals surface area contributed by atoms with Crippen LogP contribution in [0, 0.1) is 5.92 Å². The molecule has 0 radical (unpaired) electrons. The average Bonchev–Trinajstić information content (AvgIpc) is 2.85. The molecule has 0 spiro atoms. The van der Waals surface area contributed by atoms with Crippen LogP contribution in [0.4, 0.5) is 0 Å². The average molecular weight is 315 g/mol. The lowest BCUT2D eigenvalue weighted by atomic mass is 9.97. The molecule has 2 aliphatic heterocycles. The lowest BCUT2D eigenvalue weighted by Gasteiger charge is -2.30. The van der Waals surface area contributed by atoms with Gasteiger partial charge in [0.25, 0.3) is 5.91 Å². The monoisotopic (exact) mass is 315 g/mol. The molecule has 23 heavy (non-hydrogen) atoms. The number of amides is 3. The lowest BCUT2D eigenvalue weighted by molar-refractivity contribution is -0.125. The fourth-order valence-corrected chi connectivity index (χ4v) is 3.22. The molecule has 1 aromatic rings. The number of rotatable bonds is 3. The number of benzene rings is 1. The van der Waals surface area contributed by atoms with Gasteiger partial charge in [0.05, 0.1) is 5.92 Å². The van der Waals surface area contributed by atoms with Gasteiger partial charge < -0.3 is 10.6 Å². The Hall–Kier alpha value is -2.21. The molecule has 6 nitrogen and oxygen atoms in total. The van der Waals surface area contributed by atoms with E-state index in [4.69, 9.17) is 5.73 Å². The minimum atomic E-state index is -0.302. The van der Waals surface area contributed by atoms with Gasteiger partial charge in [-0.3, -0.25) is 19.7 Å². The maximum Gasteiger partial charge on any atom is 0.253 e. The molecule has 2 atom stereocenters. The molecule has 3 rings (SSSR count). The number of likely N-dealkylation sites (tertiary alicyclic amines) is 1. The van der Waals surface area contributed by atoms with Crippen molar-refractivity contribution in [2.45, 2.75) is 31.7 Å². The van der Waals surface area contributed by atoms with E-state index in [9.17, 15) is 14.4 Å². The standard InChI is InChI=1S/C17H21N3O3/c18-14-2-1-7-20(10-14)17(23)12-5-3-11(4-6-12)8-13-9-15(21)19-16(13)22/h3-6,13-14H,1-2,7-10,18H2,(H,19,21,22). The van der Waals surface area contributed by atoms with Crippen LogP contribution in [0.25, 0.3) is 0 Å². The maximum atomic E-state index is 12.5. The molecule has 2 heterocycles. The first-order valence-electron chi connectivity index (χ1n) is 8.00. The molecular weight excluding hydrogens is 294 g/mol. The fraction of sp³-hybridized carbons (Fsp3) is 0.471. The molecule has 6 heteroatoms. The normalized spacial score (nSPS) is 24.7. The van der Waals surface area contributed by atoms with Crippen LogP contribution in [-0.2, 0) is 16.0 Å². The summed E-state index contributed by atoms with van der Waals surface area (Å²) in [6.45, 7) is 1.35. The predicted octanol–water partition coefficient (Wildman–Crippen LogP) is 0.455. The summed E-state index contributed by atoms with van der Waals surface area (Å²) >= 11 is 0. The third kappa shape index (κ3) is 3.59. The van der Waals surface area contributed by atoms with E-state index in [1.807, 2.05) is 12.1 Å². The van der Waals surface area contributed by atoms with Gasteiger partial charge in [0.1, 0.15) is 0 Å². The van der Waals surface area contributed by atoms with Gasteiger partial charge in [-0.1, -0.05) is 12.1 Å². The van der Waals surface area contributed by atoms with E-state index < -0.39 is 0 Å². The molecular formula is C17H21N3O3. The molecule has 1 aromatic carbocycles. The van der Waals surface area contributed by atoms with Crippen molar-refractivity contribution in [2.24, 2.45) is 11.7 Å². The molecule has 0 saturated carbocycles. The zero-order valence-electron chi connectivity index (χ0n) is 13.0. The van der Waals surface area contributed by atoms with Crippen LogP contribution >= 0.6 is 0 Å². The van der Waals surface area contributed by atoms with Crippen LogP contribution in [-0.4, -0.2) is 41.8 Å². The highest BCUT2D eigenvalue weighted by Gasteiger charge is 2.30. The number of piperidine rings is 1. The first-order valence-corrected chi connectivity index (χ1v) is 8.00. The Kier molecular flexibility index (Phi) is 4.43. The van der Waals surface area contributed by atoms with E-state index in [1.165, 1.54) is 0 Å². The number of imide groups is 1. The molecule has 0 bridgehead atoms. The Balaban J connectivity index is 1.63. The first kappa shape index (κ1) is 15.7. The van der Waals surface area contributed by atoms with Gasteiger partial charge in [-0.15, -0.1) is 0 Å². The summed E-state index contributed by atoms with van der Waals surface area (Å²) in [5.41, 5.74) is 7.51. The van der Waals surface area contributed by atoms with Crippen molar-refractivity contribution in [1.82, 2.24) is 10.2 Å². The van der Waals surface area contributed by atoms with Crippen LogP contribution in [0.3, 0.4) is 0 Å². The Morgan fingerprint density at radius 1 is 1.26 bits per heavy atom. The van der Waals surface area contributed by atoms with E-state index in [-0.39, 0.29) is 36.1 Å². The van der Waals surface area contributed by atoms with Gasteiger partial charge in [0.15, 0.2) is 0 Å². The third-order valence-electron chi connectivity index (χ3n) is 4.49. The summed E-state index contributed by atoms with van der Waals surface area (Å²) in [7, 11) is 0. The van der Waals surface area contributed by atoms with E-state index in [1.54, 1.807) is 17.0 Å². The van der Waals surface area contributed by atoms with Crippen molar-refractivity contribution in [3.63, 3.8) is 0 Å². The van der Waals surface area contributed by atoms with Crippen molar-refractivity contribution in [1.29, 1.82) is 0 Å². The quantitative estimate of drug-likeness (QED) is 0.792. The highest BCUT2D eigenvalue weighted by Crippen LogP contribution is 2.19. The van der Waals surface area contributed by atoms with Crippen molar-refractivity contribution < 1.29 is 14.4 Å². The summed E-state index contributed by atoms with van der Waals surface area (Å²) in [6, 6.07) is 7.34. The number of nitrogens with two attached hydrogens (primary N) is 1. The van der Waals surface area contributed by atoms with Crippen molar-refractivity contribution in [3.05, 3.63) is 35.4 Å². The van der Waals surface area contributed by atoms with Gasteiger partial charge in [0.2, 0.25) is 11.8 Å². The van der Waals surface area contributed by atoms with E-state index in [0.717, 1.165) is 24.9 Å². The number of nitrogens with one attached hydrogen (secondary N) is 1. The molecule has 2 fully saturated rings. The number of carbonyl (C=O) groups is 3. The van der Waals surface area contributed by atoms with E-state index in [0.29, 0.717) is 18.5 Å². The second-order valence-electron chi connectivity index (χ2n) is 6.37. The topological polar surface area (TPSA) is 92.5 Å². The number of nitrogens with zero attached hydrogens (tertiary/aromatic N) is 1. The second-order valence-corrected chi connectivity index (χ2v) is 6.37. The minimum Gasteiger partial charge on any atom is -0.337 e. The van der Waals surface area contributed by atoms with E-state index >= 15 is 0 Å². The van der Waals surface area contributed by atoms with Crippen LogP contribution < -0.4 is 11.1 Å². The highest BCUT2D eigenvalue weighted by molar-refractivity contribution is 6.03. The molecule has 2 unspecified atom stereocenters. The zero-order valence-corrected chi connectivity index (χ0v) is 13.0. The number of hydrogen-bond donors (Lipinski definition) is 2. The Bertz CT molecular complexity index is 626. The molecule has 3 N–H and O–H groups in total. The van der Waals surface area contributed by atoms with Gasteiger partial charge >= 0.3 is 0 Å². The Morgan fingerprint density at radius 2 is 2.00 bits per heavy atom. The fourth-order valence-electron chi connectivity index (χ4n) is 3.22. The summed E-state index contributed by atoms with van der Waals surface area (Å²) in [5.74, 6) is -0.727. The number of hydrogen-bond acceptors (Lipinski definition) is 4. The summed E-state index contributed by atoms with van der Waals surface area (Å²) in [4.78, 5) is 37.1. The molecule has 0 aliphatic carbocycles. The lowest BCUT2D eigenvalue weighted by Crippen LogP contribution is -2.45. The van der Waals surface area contributed by atoms with Crippen LogP contribution in [0.5, 0.6) is 0 Å². The summed E-state index contributed by atoms with van der Waals surface area (Å²) in [6.07, 6.45) is 2.66. The molecule has 3 amide bonds. The molecule has 122 valence electrons. The SMILES string of the molecule is NC1CCCN(C(=O)c2ccc(CC3CC(=O)NC3=O)cc2)C1. The Morgan fingerprint density at radius 3 is 2.61 bits per heavy atom. The van der Waals surface area contributed by atoms with Crippen LogP contribution in [0.2, 0.25) is 0 Å². The Labute approximate surface area is 135 Å². The first-order chi connectivity index (χ1) is 11.0. The van der Waals surface area contributed by atoms with Gasteiger partial charge in [-0.25, -0.2) is 0 Å². The van der Waals surface area contributed by atoms with Gasteiger partial charge in [0, 0.05) is 31.1 Å². The van der Waals surface area contributed by atoms with Crippen molar-refractivity contribution in [2.75, 3.05) is 13.1 Å². The van der Waals surface area contributed by atoms with Crippen molar-refractivity contribution >= 4 is 17.7 Å². The zero-order chi connectivity index (χ0) is 16.4. The minimum absolute atomic E-state index is 0.000451. The second kappa shape index (κ2) is 6.50. The molecule has 2 saturated heterocycles. The van der Waals surface area contributed by atoms with Crippen LogP contribution in [0.15, 0.2) is 24.3 Å². The summed E-state index contributed by atoms with van der Waals surface area (Å²) in [5, 5.41) is 2.31. The molecule has 2 aliphatic rings. The highest BCUT2D eigenvalue weighted by atomic mass is 16.2. The van der Waals surface area contributed by atoms with Gasteiger partial charge in [-0.05, 0) is 37.0 Å². The number of carbonyl (C=O) groups excluding carboxylic acids is 3. The largest absolute Gasteiger partial charge is 0.337 e. The molecule has 0 aromatic heterocycles. The smallest absolute Gasteiger partial charge is 0.253 e. The summed E-state index contributed by atoms with van der Waals surface area (Å²) < 4.78 is 0. The maximum absolute atomic E-state index is 12.5. The predicted molar refractivity (Wildman–Crippen MR) is 84.5 cm³/mol. The van der Waals surface area contributed by atoms with Crippen LogP contribution in [0.1, 0.15) is 35.2 Å². The third-order valence-corrected chi connectivity index (χ3v) is 4.49. The van der Waals surface area contributed by atoms with Crippen molar-refractivity contribution in [3.8, 4) is 0 Å². The van der Waals surface area contributed by atoms with Gasteiger partial charge in [-0.2, -0.15) is 0 Å².